The molecule has 6 heteroatoms. The van der Waals surface area contributed by atoms with Gasteiger partial charge in [0.25, 0.3) is 0 Å². The number of ether oxygens (including phenoxy) is 1. The lowest BCUT2D eigenvalue weighted by molar-refractivity contribution is -0.134. The summed E-state index contributed by atoms with van der Waals surface area (Å²) in [6.07, 6.45) is 0.383. The van der Waals surface area contributed by atoms with Crippen LogP contribution in [0, 0.1) is 0 Å². The average molecular weight is 271 g/mol. The van der Waals surface area contributed by atoms with Crippen LogP contribution in [-0.4, -0.2) is 61.6 Å². The van der Waals surface area contributed by atoms with E-state index in [4.69, 9.17) is 4.74 Å². The monoisotopic (exact) mass is 271 g/mol. The van der Waals surface area contributed by atoms with Crippen molar-refractivity contribution in [2.45, 2.75) is 32.7 Å². The highest BCUT2D eigenvalue weighted by atomic mass is 16.5. The molecule has 0 aliphatic carbocycles. The van der Waals surface area contributed by atoms with Gasteiger partial charge in [-0.15, -0.1) is 0 Å². The highest BCUT2D eigenvalue weighted by molar-refractivity contribution is 5.79. The molecule has 0 bridgehead atoms. The summed E-state index contributed by atoms with van der Waals surface area (Å²) in [7, 11) is 0. The lowest BCUT2D eigenvalue weighted by atomic mass is 10.1. The van der Waals surface area contributed by atoms with Crippen molar-refractivity contribution in [2.75, 3.05) is 39.4 Å². The number of amides is 2. The summed E-state index contributed by atoms with van der Waals surface area (Å²) >= 11 is 0. The van der Waals surface area contributed by atoms with Gasteiger partial charge in [0.15, 0.2) is 0 Å². The van der Waals surface area contributed by atoms with E-state index in [1.807, 2.05) is 20.8 Å². The topological polar surface area (TPSA) is 70.7 Å². The first-order valence-electron chi connectivity index (χ1n) is 6.76. The van der Waals surface area contributed by atoms with Crippen LogP contribution >= 0.6 is 0 Å². The van der Waals surface area contributed by atoms with Crippen LogP contribution in [0.1, 0.15) is 27.2 Å². The third kappa shape index (κ3) is 7.12. The van der Waals surface area contributed by atoms with E-state index in [1.54, 1.807) is 4.90 Å². The molecule has 1 saturated heterocycles. The average Bonchev–Trinajstić information content (AvgIpc) is 2.33. The third-order valence-electron chi connectivity index (χ3n) is 2.68. The van der Waals surface area contributed by atoms with Crippen molar-refractivity contribution < 1.29 is 14.3 Å². The molecule has 0 aromatic rings. The molecule has 1 aliphatic rings. The highest BCUT2D eigenvalue weighted by Gasteiger charge is 2.16. The van der Waals surface area contributed by atoms with Crippen molar-refractivity contribution in [3.8, 4) is 0 Å². The van der Waals surface area contributed by atoms with Gasteiger partial charge in [0, 0.05) is 31.6 Å². The number of rotatable bonds is 5. The summed E-state index contributed by atoms with van der Waals surface area (Å²) < 4.78 is 5.19. The zero-order valence-electron chi connectivity index (χ0n) is 12.1. The van der Waals surface area contributed by atoms with Gasteiger partial charge in [-0.3, -0.25) is 9.59 Å². The number of hydrogen-bond donors (Lipinski definition) is 2. The Kier molecular flexibility index (Phi) is 6.24. The predicted octanol–water partition coefficient (Wildman–Crippen LogP) is -0.260. The molecule has 1 heterocycles. The van der Waals surface area contributed by atoms with Crippen molar-refractivity contribution in [1.82, 2.24) is 15.5 Å². The quantitative estimate of drug-likeness (QED) is 0.676. The van der Waals surface area contributed by atoms with Crippen LogP contribution in [0.4, 0.5) is 0 Å². The summed E-state index contributed by atoms with van der Waals surface area (Å²) in [5.41, 5.74) is -0.208. The van der Waals surface area contributed by atoms with Gasteiger partial charge in [-0.05, 0) is 20.8 Å². The molecule has 0 aromatic heterocycles. The fourth-order valence-corrected chi connectivity index (χ4v) is 1.80. The van der Waals surface area contributed by atoms with Crippen LogP contribution < -0.4 is 10.6 Å². The molecule has 0 atom stereocenters. The number of hydrogen-bond acceptors (Lipinski definition) is 4. The number of carbonyl (C=O) groups is 2. The molecule has 1 rings (SSSR count). The molecular formula is C13H25N3O3. The Bertz CT molecular complexity index is 307. The molecule has 19 heavy (non-hydrogen) atoms. The standard InChI is InChI=1S/C13H25N3O3/c1-13(2,3)15-11(17)4-5-14-10-12(18)16-6-8-19-9-7-16/h14H,4-10H2,1-3H3,(H,15,17). The van der Waals surface area contributed by atoms with Crippen molar-refractivity contribution in [3.05, 3.63) is 0 Å². The SMILES string of the molecule is CC(C)(C)NC(=O)CCNCC(=O)N1CCOCC1. The van der Waals surface area contributed by atoms with E-state index < -0.39 is 0 Å². The lowest BCUT2D eigenvalue weighted by Gasteiger charge is -2.27. The van der Waals surface area contributed by atoms with Crippen LogP contribution in [0.3, 0.4) is 0 Å². The third-order valence-corrected chi connectivity index (χ3v) is 2.68. The molecule has 0 unspecified atom stereocenters. The summed E-state index contributed by atoms with van der Waals surface area (Å²) in [5.74, 6) is 0.0679. The fraction of sp³-hybridized carbons (Fsp3) is 0.846. The zero-order valence-corrected chi connectivity index (χ0v) is 12.1. The van der Waals surface area contributed by atoms with Gasteiger partial charge >= 0.3 is 0 Å². The van der Waals surface area contributed by atoms with E-state index in [-0.39, 0.29) is 23.9 Å². The molecule has 0 radical (unpaired) electrons. The molecule has 1 fully saturated rings. The van der Waals surface area contributed by atoms with Crippen LogP contribution in [0.25, 0.3) is 0 Å². The Labute approximate surface area is 114 Å². The summed E-state index contributed by atoms with van der Waals surface area (Å²) in [4.78, 5) is 25.1. The van der Waals surface area contributed by atoms with Crippen LogP contribution in [0.15, 0.2) is 0 Å². The minimum Gasteiger partial charge on any atom is -0.378 e. The van der Waals surface area contributed by atoms with Crippen LogP contribution in [-0.2, 0) is 14.3 Å². The fourth-order valence-electron chi connectivity index (χ4n) is 1.80. The molecule has 1 aliphatic heterocycles. The Morgan fingerprint density at radius 1 is 1.21 bits per heavy atom. The zero-order chi connectivity index (χ0) is 14.3. The predicted molar refractivity (Wildman–Crippen MR) is 72.8 cm³/mol. The maximum Gasteiger partial charge on any atom is 0.236 e. The number of morpholine rings is 1. The minimum absolute atomic E-state index is 0.00109. The lowest BCUT2D eigenvalue weighted by Crippen LogP contribution is -2.45. The first-order chi connectivity index (χ1) is 8.88. The number of nitrogens with one attached hydrogen (secondary N) is 2. The molecule has 6 nitrogen and oxygen atoms in total. The Hall–Kier alpha value is -1.14. The van der Waals surface area contributed by atoms with E-state index >= 15 is 0 Å². The highest BCUT2D eigenvalue weighted by Crippen LogP contribution is 1.99. The van der Waals surface area contributed by atoms with Gasteiger partial charge in [0.2, 0.25) is 11.8 Å². The second-order valence-electron chi connectivity index (χ2n) is 5.72. The van der Waals surface area contributed by atoms with Gasteiger partial charge in [-0.1, -0.05) is 0 Å². The molecule has 2 N–H and O–H groups in total. The molecule has 0 spiro atoms. The molecule has 110 valence electrons. The van der Waals surface area contributed by atoms with E-state index in [0.717, 1.165) is 0 Å². The Morgan fingerprint density at radius 2 is 1.84 bits per heavy atom. The molecule has 0 aromatic carbocycles. The summed E-state index contributed by atoms with van der Waals surface area (Å²) in [5, 5.41) is 5.89. The largest absolute Gasteiger partial charge is 0.378 e. The van der Waals surface area contributed by atoms with E-state index in [9.17, 15) is 9.59 Å². The second kappa shape index (κ2) is 7.45. The van der Waals surface area contributed by atoms with Crippen molar-refractivity contribution in [1.29, 1.82) is 0 Å². The van der Waals surface area contributed by atoms with E-state index in [1.165, 1.54) is 0 Å². The summed E-state index contributed by atoms with van der Waals surface area (Å²) in [6.45, 7) is 9.16. The van der Waals surface area contributed by atoms with Crippen molar-refractivity contribution >= 4 is 11.8 Å². The Balaban J connectivity index is 2.10. The van der Waals surface area contributed by atoms with Gasteiger partial charge in [0.1, 0.15) is 0 Å². The van der Waals surface area contributed by atoms with Crippen LogP contribution in [0.5, 0.6) is 0 Å². The number of nitrogens with zero attached hydrogens (tertiary/aromatic N) is 1. The maximum absolute atomic E-state index is 11.8. The van der Waals surface area contributed by atoms with Crippen molar-refractivity contribution in [2.24, 2.45) is 0 Å². The van der Waals surface area contributed by atoms with E-state index in [2.05, 4.69) is 10.6 Å². The Morgan fingerprint density at radius 3 is 2.42 bits per heavy atom. The van der Waals surface area contributed by atoms with Gasteiger partial charge in [0.05, 0.1) is 19.8 Å². The molecular weight excluding hydrogens is 246 g/mol. The van der Waals surface area contributed by atoms with Gasteiger partial charge in [-0.25, -0.2) is 0 Å². The first-order valence-corrected chi connectivity index (χ1v) is 6.76. The van der Waals surface area contributed by atoms with Gasteiger partial charge in [-0.2, -0.15) is 0 Å². The molecule has 0 saturated carbocycles. The first kappa shape index (κ1) is 15.9. The smallest absolute Gasteiger partial charge is 0.236 e. The normalized spacial score (nSPS) is 16.3. The van der Waals surface area contributed by atoms with Crippen LogP contribution in [0.2, 0.25) is 0 Å². The maximum atomic E-state index is 11.8. The number of carbonyl (C=O) groups excluding carboxylic acids is 2. The van der Waals surface area contributed by atoms with Crippen molar-refractivity contribution in [3.63, 3.8) is 0 Å². The minimum atomic E-state index is -0.208. The van der Waals surface area contributed by atoms with Gasteiger partial charge < -0.3 is 20.3 Å². The van der Waals surface area contributed by atoms with E-state index in [0.29, 0.717) is 39.3 Å². The second-order valence-corrected chi connectivity index (χ2v) is 5.72. The molecule has 2 amide bonds. The summed E-state index contributed by atoms with van der Waals surface area (Å²) in [6, 6.07) is 0.